The highest BCUT2D eigenvalue weighted by Crippen LogP contribution is 2.16. The van der Waals surface area contributed by atoms with Gasteiger partial charge in [0.15, 0.2) is 0 Å². The number of nitrogens with zero attached hydrogens (tertiary/aromatic N) is 1. The second-order valence-corrected chi connectivity index (χ2v) is 3.00. The van der Waals surface area contributed by atoms with Gasteiger partial charge in [-0.3, -0.25) is 0 Å². The number of amides is 2. The molecule has 1 atom stereocenters. The van der Waals surface area contributed by atoms with Crippen molar-refractivity contribution in [3.63, 3.8) is 0 Å². The van der Waals surface area contributed by atoms with Crippen LogP contribution in [0.1, 0.15) is 12.8 Å². The fourth-order valence-electron chi connectivity index (χ4n) is 1.61. The van der Waals surface area contributed by atoms with E-state index in [1.807, 2.05) is 4.90 Å². The molecule has 1 saturated heterocycles. The highest BCUT2D eigenvalue weighted by Gasteiger charge is 2.27. The second-order valence-electron chi connectivity index (χ2n) is 3.00. The van der Waals surface area contributed by atoms with Crippen molar-refractivity contribution in [2.45, 2.75) is 18.9 Å². The van der Waals surface area contributed by atoms with Crippen LogP contribution < -0.4 is 5.32 Å². The summed E-state index contributed by atoms with van der Waals surface area (Å²) in [6, 6.07) is 0.282. The fraction of sp³-hybridized carbons (Fsp3) is 0.875. The van der Waals surface area contributed by atoms with Crippen LogP contribution >= 0.6 is 0 Å². The van der Waals surface area contributed by atoms with Gasteiger partial charge < -0.3 is 15.0 Å². The smallest absolute Gasteiger partial charge is 0.317 e. The Morgan fingerprint density at radius 2 is 2.50 bits per heavy atom. The lowest BCUT2D eigenvalue weighted by Crippen LogP contribution is -2.43. The van der Waals surface area contributed by atoms with E-state index >= 15 is 0 Å². The molecule has 1 heterocycles. The first kappa shape index (κ1) is 9.32. The summed E-state index contributed by atoms with van der Waals surface area (Å²) in [5, 5.41) is 2.63. The number of carbonyl (C=O) groups is 1. The first-order valence-electron chi connectivity index (χ1n) is 4.27. The maximum atomic E-state index is 11.3. The third-order valence-electron chi connectivity index (χ3n) is 2.21. The van der Waals surface area contributed by atoms with Gasteiger partial charge in [0.1, 0.15) is 0 Å². The lowest BCUT2D eigenvalue weighted by atomic mass is 10.2. The van der Waals surface area contributed by atoms with Crippen molar-refractivity contribution in [2.75, 3.05) is 27.3 Å². The molecule has 0 aromatic heterocycles. The number of rotatable bonds is 2. The Labute approximate surface area is 72.9 Å². The van der Waals surface area contributed by atoms with Crippen molar-refractivity contribution in [3.05, 3.63) is 0 Å². The van der Waals surface area contributed by atoms with Crippen LogP contribution in [-0.2, 0) is 4.74 Å². The van der Waals surface area contributed by atoms with Gasteiger partial charge in [0.2, 0.25) is 0 Å². The monoisotopic (exact) mass is 172 g/mol. The molecule has 0 aromatic carbocycles. The molecule has 1 unspecified atom stereocenters. The van der Waals surface area contributed by atoms with E-state index in [9.17, 15) is 4.79 Å². The van der Waals surface area contributed by atoms with Crippen LogP contribution in [0.3, 0.4) is 0 Å². The number of urea groups is 1. The Hall–Kier alpha value is -0.770. The molecule has 1 N–H and O–H groups in total. The maximum Gasteiger partial charge on any atom is 0.317 e. The Kier molecular flexibility index (Phi) is 3.34. The van der Waals surface area contributed by atoms with Gasteiger partial charge in [-0.1, -0.05) is 0 Å². The standard InChI is InChI=1S/C8H16N2O2/c1-9-8(11)10-5-3-4-7(10)6-12-2/h7H,3-6H2,1-2H3,(H,9,11). The normalized spacial score (nSPS) is 22.8. The van der Waals surface area contributed by atoms with E-state index in [0.717, 1.165) is 19.4 Å². The minimum absolute atomic E-state index is 0.00884. The highest BCUT2D eigenvalue weighted by atomic mass is 16.5. The van der Waals surface area contributed by atoms with Crippen LogP contribution in [0.2, 0.25) is 0 Å². The molecule has 0 bridgehead atoms. The van der Waals surface area contributed by atoms with Crippen LogP contribution in [0, 0.1) is 0 Å². The minimum atomic E-state index is 0.00884. The summed E-state index contributed by atoms with van der Waals surface area (Å²) in [6.45, 7) is 1.50. The van der Waals surface area contributed by atoms with Crippen molar-refractivity contribution in [2.24, 2.45) is 0 Å². The SMILES string of the molecule is CNC(=O)N1CCCC1COC. The van der Waals surface area contributed by atoms with Gasteiger partial charge >= 0.3 is 6.03 Å². The van der Waals surface area contributed by atoms with Crippen LogP contribution in [-0.4, -0.2) is 44.3 Å². The quantitative estimate of drug-likeness (QED) is 0.656. The summed E-state index contributed by atoms with van der Waals surface area (Å²) in [5.41, 5.74) is 0. The summed E-state index contributed by atoms with van der Waals surface area (Å²) >= 11 is 0. The van der Waals surface area contributed by atoms with Crippen molar-refractivity contribution >= 4 is 6.03 Å². The zero-order chi connectivity index (χ0) is 8.97. The van der Waals surface area contributed by atoms with Gasteiger partial charge in [-0.15, -0.1) is 0 Å². The zero-order valence-electron chi connectivity index (χ0n) is 7.67. The van der Waals surface area contributed by atoms with Crippen LogP contribution in [0.4, 0.5) is 4.79 Å². The first-order chi connectivity index (χ1) is 5.79. The second kappa shape index (κ2) is 4.30. The number of hydrogen-bond acceptors (Lipinski definition) is 2. The van der Waals surface area contributed by atoms with Crippen molar-refractivity contribution in [3.8, 4) is 0 Å². The molecular formula is C8H16N2O2. The van der Waals surface area contributed by atoms with E-state index < -0.39 is 0 Å². The summed E-state index contributed by atoms with van der Waals surface area (Å²) in [6.07, 6.45) is 2.14. The van der Waals surface area contributed by atoms with E-state index in [1.165, 1.54) is 0 Å². The average Bonchev–Trinajstić information content (AvgIpc) is 2.52. The number of hydrogen-bond donors (Lipinski definition) is 1. The van der Waals surface area contributed by atoms with Gasteiger partial charge in [0.05, 0.1) is 12.6 Å². The van der Waals surface area contributed by atoms with E-state index in [-0.39, 0.29) is 12.1 Å². The van der Waals surface area contributed by atoms with E-state index in [4.69, 9.17) is 4.74 Å². The number of ether oxygens (including phenoxy) is 1. The van der Waals surface area contributed by atoms with Crippen molar-refractivity contribution in [1.82, 2.24) is 10.2 Å². The molecule has 1 fully saturated rings. The predicted octanol–water partition coefficient (Wildman–Crippen LogP) is 0.437. The summed E-state index contributed by atoms with van der Waals surface area (Å²) < 4.78 is 5.03. The average molecular weight is 172 g/mol. The molecule has 0 saturated carbocycles. The molecular weight excluding hydrogens is 156 g/mol. The summed E-state index contributed by atoms with van der Waals surface area (Å²) in [7, 11) is 3.32. The minimum Gasteiger partial charge on any atom is -0.383 e. The van der Waals surface area contributed by atoms with E-state index in [2.05, 4.69) is 5.32 Å². The lowest BCUT2D eigenvalue weighted by Gasteiger charge is -2.23. The van der Waals surface area contributed by atoms with Crippen LogP contribution in [0.15, 0.2) is 0 Å². The first-order valence-corrected chi connectivity index (χ1v) is 4.27. The Balaban J connectivity index is 2.45. The highest BCUT2D eigenvalue weighted by molar-refractivity contribution is 5.74. The molecule has 0 aliphatic carbocycles. The van der Waals surface area contributed by atoms with Gasteiger partial charge in [-0.2, -0.15) is 0 Å². The van der Waals surface area contributed by atoms with Gasteiger partial charge in [-0.25, -0.2) is 4.79 Å². The number of likely N-dealkylation sites (tertiary alicyclic amines) is 1. The molecule has 1 aliphatic heterocycles. The number of methoxy groups -OCH3 is 1. The molecule has 1 aliphatic rings. The summed E-state index contributed by atoms with van der Waals surface area (Å²) in [4.78, 5) is 13.1. The van der Waals surface area contributed by atoms with Crippen molar-refractivity contribution in [1.29, 1.82) is 0 Å². The Morgan fingerprint density at radius 3 is 3.08 bits per heavy atom. The molecule has 0 radical (unpaired) electrons. The topological polar surface area (TPSA) is 41.6 Å². The molecule has 2 amide bonds. The van der Waals surface area contributed by atoms with Gasteiger partial charge in [0.25, 0.3) is 0 Å². The summed E-state index contributed by atoms with van der Waals surface area (Å²) in [5.74, 6) is 0. The fourth-order valence-corrected chi connectivity index (χ4v) is 1.61. The lowest BCUT2D eigenvalue weighted by molar-refractivity contribution is 0.124. The van der Waals surface area contributed by atoms with Crippen LogP contribution in [0.5, 0.6) is 0 Å². The van der Waals surface area contributed by atoms with E-state index in [0.29, 0.717) is 6.61 Å². The zero-order valence-corrected chi connectivity index (χ0v) is 7.67. The van der Waals surface area contributed by atoms with Gasteiger partial charge in [0, 0.05) is 20.7 Å². The number of carbonyl (C=O) groups excluding carboxylic acids is 1. The third kappa shape index (κ3) is 1.88. The largest absolute Gasteiger partial charge is 0.383 e. The maximum absolute atomic E-state index is 11.3. The molecule has 1 rings (SSSR count). The molecule has 12 heavy (non-hydrogen) atoms. The number of nitrogens with one attached hydrogen (secondary N) is 1. The Bertz CT molecular complexity index is 161. The van der Waals surface area contributed by atoms with Crippen molar-refractivity contribution < 1.29 is 9.53 Å². The molecule has 4 nitrogen and oxygen atoms in total. The molecule has 0 aromatic rings. The molecule has 70 valence electrons. The predicted molar refractivity (Wildman–Crippen MR) is 46.1 cm³/mol. The van der Waals surface area contributed by atoms with E-state index in [1.54, 1.807) is 14.2 Å². The Morgan fingerprint density at radius 1 is 1.75 bits per heavy atom. The third-order valence-corrected chi connectivity index (χ3v) is 2.21. The van der Waals surface area contributed by atoms with Gasteiger partial charge in [-0.05, 0) is 12.8 Å². The molecule has 0 spiro atoms. The molecule has 4 heteroatoms. The van der Waals surface area contributed by atoms with Crippen LogP contribution in [0.25, 0.3) is 0 Å².